The van der Waals surface area contributed by atoms with Crippen molar-refractivity contribution >= 4 is 27.5 Å². The molecule has 1 N–H and O–H groups in total. The van der Waals surface area contributed by atoms with Crippen LogP contribution in [0.15, 0.2) is 15.0 Å². The molecule has 0 amide bonds. The van der Waals surface area contributed by atoms with Gasteiger partial charge in [-0.05, 0) is 17.9 Å². The van der Waals surface area contributed by atoms with Crippen LogP contribution in [0.4, 0.5) is 0 Å². The minimum atomic E-state index is -0.517. The standard InChI is InChI=1S/C12H14N2O5S/c1-7-5-20-10-9(7)14(12(17)13-11(10)16)6-18-3-4-19-8(2)15/h5H,3-4,6H2,1-2H3,(H,13,16,17). The van der Waals surface area contributed by atoms with E-state index >= 15 is 0 Å². The molecule has 0 aliphatic rings. The monoisotopic (exact) mass is 298 g/mol. The van der Waals surface area contributed by atoms with Crippen LogP contribution >= 0.6 is 11.3 Å². The zero-order valence-corrected chi connectivity index (χ0v) is 11.9. The number of aromatic nitrogens is 2. The molecule has 0 atom stereocenters. The van der Waals surface area contributed by atoms with Crippen molar-refractivity contribution in [3.63, 3.8) is 0 Å². The van der Waals surface area contributed by atoms with Gasteiger partial charge in [0.1, 0.15) is 18.0 Å². The van der Waals surface area contributed by atoms with E-state index in [9.17, 15) is 14.4 Å². The normalized spacial score (nSPS) is 10.9. The molecule has 0 spiro atoms. The van der Waals surface area contributed by atoms with Crippen molar-refractivity contribution in [3.05, 3.63) is 31.8 Å². The van der Waals surface area contributed by atoms with E-state index in [1.165, 1.54) is 22.8 Å². The molecule has 7 nitrogen and oxygen atoms in total. The molecule has 0 aliphatic heterocycles. The maximum atomic E-state index is 11.8. The van der Waals surface area contributed by atoms with E-state index in [1.807, 2.05) is 12.3 Å². The Labute approximate surface area is 117 Å². The van der Waals surface area contributed by atoms with Crippen molar-refractivity contribution in [2.24, 2.45) is 0 Å². The molecular weight excluding hydrogens is 284 g/mol. The van der Waals surface area contributed by atoms with Gasteiger partial charge < -0.3 is 9.47 Å². The summed E-state index contributed by atoms with van der Waals surface area (Å²) in [6.45, 7) is 3.43. The summed E-state index contributed by atoms with van der Waals surface area (Å²) in [7, 11) is 0. The molecule has 0 saturated heterocycles. The first-order valence-electron chi connectivity index (χ1n) is 5.92. The number of thiophene rings is 1. The topological polar surface area (TPSA) is 90.4 Å². The predicted octanol–water partition coefficient (Wildman–Crippen LogP) is 0.597. The van der Waals surface area contributed by atoms with Gasteiger partial charge >= 0.3 is 11.7 Å². The number of carbonyl (C=O) groups excluding carboxylic acids is 1. The average molecular weight is 298 g/mol. The number of aryl methyl sites for hydroxylation is 1. The Morgan fingerprint density at radius 2 is 2.15 bits per heavy atom. The van der Waals surface area contributed by atoms with Crippen molar-refractivity contribution < 1.29 is 14.3 Å². The van der Waals surface area contributed by atoms with Gasteiger partial charge in [0.15, 0.2) is 0 Å². The summed E-state index contributed by atoms with van der Waals surface area (Å²) < 4.78 is 11.9. The van der Waals surface area contributed by atoms with Gasteiger partial charge in [-0.25, -0.2) is 4.79 Å². The predicted molar refractivity (Wildman–Crippen MR) is 74.0 cm³/mol. The molecular formula is C12H14N2O5S. The van der Waals surface area contributed by atoms with Crippen molar-refractivity contribution in [1.29, 1.82) is 0 Å². The lowest BCUT2D eigenvalue weighted by Crippen LogP contribution is -2.31. The third-order valence-corrected chi connectivity index (χ3v) is 3.72. The van der Waals surface area contributed by atoms with Gasteiger partial charge in [-0.3, -0.25) is 19.1 Å². The number of fused-ring (bicyclic) bond motifs is 1. The minimum absolute atomic E-state index is 0.00898. The summed E-state index contributed by atoms with van der Waals surface area (Å²) in [5, 5.41) is 1.81. The third-order valence-electron chi connectivity index (χ3n) is 2.64. The van der Waals surface area contributed by atoms with E-state index in [1.54, 1.807) is 0 Å². The minimum Gasteiger partial charge on any atom is -0.463 e. The Hall–Kier alpha value is -1.93. The zero-order valence-electron chi connectivity index (χ0n) is 11.1. The van der Waals surface area contributed by atoms with Crippen LogP contribution in [0.3, 0.4) is 0 Å². The van der Waals surface area contributed by atoms with Crippen molar-refractivity contribution in [2.45, 2.75) is 20.6 Å². The average Bonchev–Trinajstić information content (AvgIpc) is 2.75. The number of aromatic amines is 1. The summed E-state index contributed by atoms with van der Waals surface area (Å²) in [5.74, 6) is -0.383. The van der Waals surface area contributed by atoms with Gasteiger partial charge in [0.2, 0.25) is 0 Å². The second-order valence-electron chi connectivity index (χ2n) is 4.16. The quantitative estimate of drug-likeness (QED) is 0.644. The van der Waals surface area contributed by atoms with Gasteiger partial charge in [-0.15, -0.1) is 11.3 Å². The molecule has 108 valence electrons. The van der Waals surface area contributed by atoms with Gasteiger partial charge in [-0.2, -0.15) is 0 Å². The fraction of sp³-hybridized carbons (Fsp3) is 0.417. The van der Waals surface area contributed by atoms with Crippen molar-refractivity contribution in [3.8, 4) is 0 Å². The molecule has 20 heavy (non-hydrogen) atoms. The Balaban J connectivity index is 2.18. The Kier molecular flexibility index (Phi) is 4.35. The van der Waals surface area contributed by atoms with Crippen LogP contribution in [0, 0.1) is 6.92 Å². The van der Waals surface area contributed by atoms with Crippen molar-refractivity contribution in [2.75, 3.05) is 13.2 Å². The highest BCUT2D eigenvalue weighted by atomic mass is 32.1. The molecule has 0 bridgehead atoms. The molecule has 0 fully saturated rings. The maximum absolute atomic E-state index is 11.8. The van der Waals surface area contributed by atoms with Crippen LogP contribution in [0.1, 0.15) is 12.5 Å². The molecule has 0 saturated carbocycles. The van der Waals surface area contributed by atoms with Crippen LogP contribution in [0.5, 0.6) is 0 Å². The summed E-state index contributed by atoms with van der Waals surface area (Å²) >= 11 is 1.28. The van der Waals surface area contributed by atoms with E-state index < -0.39 is 5.69 Å². The second-order valence-corrected chi connectivity index (χ2v) is 5.04. The van der Waals surface area contributed by atoms with E-state index in [0.717, 1.165) is 5.56 Å². The molecule has 8 heteroatoms. The SMILES string of the molecule is CC(=O)OCCOCn1c(=O)[nH]c(=O)c2scc(C)c21. The number of hydrogen-bond acceptors (Lipinski definition) is 6. The second kappa shape index (κ2) is 6.02. The maximum Gasteiger partial charge on any atom is 0.330 e. The highest BCUT2D eigenvalue weighted by molar-refractivity contribution is 7.17. The molecule has 2 aromatic heterocycles. The Bertz CT molecular complexity index is 742. The van der Waals surface area contributed by atoms with Crippen LogP contribution in [-0.2, 0) is 21.0 Å². The summed E-state index contributed by atoms with van der Waals surface area (Å²) in [5.41, 5.74) is 0.517. The van der Waals surface area contributed by atoms with E-state index in [4.69, 9.17) is 9.47 Å². The summed E-state index contributed by atoms with van der Waals surface area (Å²) in [4.78, 5) is 36.3. The Morgan fingerprint density at radius 1 is 1.40 bits per heavy atom. The lowest BCUT2D eigenvalue weighted by atomic mass is 10.3. The van der Waals surface area contributed by atoms with Crippen LogP contribution < -0.4 is 11.2 Å². The fourth-order valence-corrected chi connectivity index (χ4v) is 2.73. The van der Waals surface area contributed by atoms with Gasteiger partial charge in [0, 0.05) is 6.92 Å². The molecule has 2 heterocycles. The Morgan fingerprint density at radius 3 is 2.85 bits per heavy atom. The smallest absolute Gasteiger partial charge is 0.330 e. The van der Waals surface area contributed by atoms with Gasteiger partial charge in [-0.1, -0.05) is 0 Å². The molecule has 2 rings (SSSR count). The van der Waals surface area contributed by atoms with Gasteiger partial charge in [0.25, 0.3) is 5.56 Å². The molecule has 0 unspecified atom stereocenters. The van der Waals surface area contributed by atoms with Crippen LogP contribution in [0.25, 0.3) is 10.2 Å². The van der Waals surface area contributed by atoms with Crippen LogP contribution in [0.2, 0.25) is 0 Å². The lowest BCUT2D eigenvalue weighted by molar-refractivity contribution is -0.142. The number of carbonyl (C=O) groups is 1. The largest absolute Gasteiger partial charge is 0.463 e. The van der Waals surface area contributed by atoms with E-state index in [0.29, 0.717) is 10.2 Å². The number of rotatable bonds is 5. The van der Waals surface area contributed by atoms with E-state index in [2.05, 4.69) is 4.98 Å². The lowest BCUT2D eigenvalue weighted by Gasteiger charge is -2.09. The van der Waals surface area contributed by atoms with E-state index in [-0.39, 0.29) is 31.5 Å². The summed E-state index contributed by atoms with van der Waals surface area (Å²) in [6.07, 6.45) is 0. The molecule has 0 aromatic carbocycles. The number of ether oxygens (including phenoxy) is 2. The zero-order chi connectivity index (χ0) is 14.7. The third kappa shape index (κ3) is 2.97. The highest BCUT2D eigenvalue weighted by Crippen LogP contribution is 2.20. The molecule has 0 radical (unpaired) electrons. The number of H-pyrrole nitrogens is 1. The molecule has 2 aromatic rings. The number of nitrogens with one attached hydrogen (secondary N) is 1. The first-order chi connectivity index (χ1) is 9.50. The number of hydrogen-bond donors (Lipinski definition) is 1. The first kappa shape index (κ1) is 14.5. The number of esters is 1. The van der Waals surface area contributed by atoms with Crippen molar-refractivity contribution in [1.82, 2.24) is 9.55 Å². The summed E-state index contributed by atoms with van der Waals surface area (Å²) in [6, 6.07) is 0. The number of nitrogens with zero attached hydrogens (tertiary/aromatic N) is 1. The van der Waals surface area contributed by atoms with Crippen LogP contribution in [-0.4, -0.2) is 28.7 Å². The molecule has 0 aliphatic carbocycles. The van der Waals surface area contributed by atoms with Gasteiger partial charge in [0.05, 0.1) is 12.1 Å². The first-order valence-corrected chi connectivity index (χ1v) is 6.80. The highest BCUT2D eigenvalue weighted by Gasteiger charge is 2.11. The fourth-order valence-electron chi connectivity index (χ4n) is 1.78.